The third-order valence-corrected chi connectivity index (χ3v) is 8.17. The topological polar surface area (TPSA) is 83.5 Å². The van der Waals surface area contributed by atoms with Crippen LogP contribution in [0.25, 0.3) is 0 Å². The van der Waals surface area contributed by atoms with Crippen molar-refractivity contribution < 1.29 is 16.8 Å². The van der Waals surface area contributed by atoms with E-state index in [1.54, 1.807) is 12.1 Å². The van der Waals surface area contributed by atoms with Crippen molar-refractivity contribution in [3.63, 3.8) is 0 Å². The van der Waals surface area contributed by atoms with Gasteiger partial charge in [0.2, 0.25) is 10.0 Å². The van der Waals surface area contributed by atoms with Crippen LogP contribution in [0.1, 0.15) is 38.2 Å². The Labute approximate surface area is 167 Å². The second-order valence-corrected chi connectivity index (χ2v) is 10.6. The van der Waals surface area contributed by atoms with Gasteiger partial charge in [0.05, 0.1) is 9.79 Å². The Bertz CT molecular complexity index is 993. The maximum Gasteiger partial charge on any atom is 0.261 e. The molecule has 0 spiro atoms. The Morgan fingerprint density at radius 2 is 1.43 bits per heavy atom. The smallest absolute Gasteiger partial charge is 0.261 e. The van der Waals surface area contributed by atoms with E-state index in [2.05, 4.69) is 11.6 Å². The number of nitrogens with one attached hydrogen (secondary N) is 1. The van der Waals surface area contributed by atoms with Crippen LogP contribution in [-0.2, 0) is 26.5 Å². The van der Waals surface area contributed by atoms with Gasteiger partial charge in [0.1, 0.15) is 0 Å². The van der Waals surface area contributed by atoms with Gasteiger partial charge in [-0.3, -0.25) is 4.72 Å². The van der Waals surface area contributed by atoms with Gasteiger partial charge >= 0.3 is 0 Å². The van der Waals surface area contributed by atoms with Crippen LogP contribution in [-0.4, -0.2) is 34.2 Å². The first kappa shape index (κ1) is 20.8. The van der Waals surface area contributed by atoms with Gasteiger partial charge in [-0.05, 0) is 67.6 Å². The third-order valence-electron chi connectivity index (χ3n) is 4.86. The van der Waals surface area contributed by atoms with Crippen molar-refractivity contribution in [2.24, 2.45) is 0 Å². The summed E-state index contributed by atoms with van der Waals surface area (Å²) in [6.45, 7) is 3.18. The minimum Gasteiger partial charge on any atom is -0.280 e. The van der Waals surface area contributed by atoms with Gasteiger partial charge in [0, 0.05) is 18.8 Å². The molecule has 1 fully saturated rings. The molecule has 1 N–H and O–H groups in total. The summed E-state index contributed by atoms with van der Waals surface area (Å²) in [7, 11) is -7.23. The van der Waals surface area contributed by atoms with E-state index in [1.807, 2.05) is 12.1 Å². The molecule has 1 aliphatic rings. The fraction of sp³-hybridized carbons (Fsp3) is 0.400. The molecule has 6 nitrogen and oxygen atoms in total. The number of anilines is 1. The minimum atomic E-state index is -3.72. The molecule has 3 rings (SSSR count). The molecule has 0 radical (unpaired) electrons. The highest BCUT2D eigenvalue weighted by atomic mass is 32.2. The number of hydrogen-bond acceptors (Lipinski definition) is 4. The number of benzene rings is 2. The molecule has 1 aliphatic heterocycles. The molecule has 0 aliphatic carbocycles. The quantitative estimate of drug-likeness (QED) is 0.704. The van der Waals surface area contributed by atoms with Crippen molar-refractivity contribution in [3.05, 3.63) is 54.1 Å². The van der Waals surface area contributed by atoms with E-state index >= 15 is 0 Å². The fourth-order valence-corrected chi connectivity index (χ4v) is 5.78. The second kappa shape index (κ2) is 8.63. The Morgan fingerprint density at radius 3 is 2.00 bits per heavy atom. The van der Waals surface area contributed by atoms with Crippen molar-refractivity contribution in [1.82, 2.24) is 4.31 Å². The Morgan fingerprint density at radius 1 is 0.857 bits per heavy atom. The van der Waals surface area contributed by atoms with Crippen LogP contribution in [0.4, 0.5) is 5.69 Å². The molecule has 0 saturated carbocycles. The van der Waals surface area contributed by atoms with E-state index in [-0.39, 0.29) is 9.79 Å². The molecule has 0 unspecified atom stereocenters. The summed E-state index contributed by atoms with van der Waals surface area (Å²) in [6.07, 6.45) is 4.82. The summed E-state index contributed by atoms with van der Waals surface area (Å²) < 4.78 is 54.2. The predicted octanol–water partition coefficient (Wildman–Crippen LogP) is 3.61. The SMILES string of the molecule is CCCCc1ccc(S(=O)(=O)Nc2ccc(S(=O)(=O)N3CCCC3)cc2)cc1. The number of rotatable bonds is 8. The van der Waals surface area contributed by atoms with Gasteiger partial charge in [0.15, 0.2) is 0 Å². The molecule has 2 aromatic carbocycles. The van der Waals surface area contributed by atoms with Gasteiger partial charge in [0.25, 0.3) is 10.0 Å². The summed E-state index contributed by atoms with van der Waals surface area (Å²) in [5.41, 5.74) is 1.44. The van der Waals surface area contributed by atoms with Gasteiger partial charge in [-0.2, -0.15) is 4.31 Å². The van der Waals surface area contributed by atoms with Crippen molar-refractivity contribution in [2.75, 3.05) is 17.8 Å². The number of hydrogen-bond donors (Lipinski definition) is 1. The Kier molecular flexibility index (Phi) is 6.42. The van der Waals surface area contributed by atoms with Crippen molar-refractivity contribution in [3.8, 4) is 0 Å². The lowest BCUT2D eigenvalue weighted by Crippen LogP contribution is -2.27. The zero-order chi connectivity index (χ0) is 20.2. The first-order valence-corrected chi connectivity index (χ1v) is 12.5. The third kappa shape index (κ3) is 4.74. The highest BCUT2D eigenvalue weighted by molar-refractivity contribution is 7.92. The molecule has 2 aromatic rings. The summed E-state index contributed by atoms with van der Waals surface area (Å²) in [4.78, 5) is 0.360. The highest BCUT2D eigenvalue weighted by Gasteiger charge is 2.27. The number of aryl methyl sites for hydroxylation is 1. The van der Waals surface area contributed by atoms with Crippen molar-refractivity contribution in [1.29, 1.82) is 0 Å². The standard InChI is InChI=1S/C20H26N2O4S2/c1-2-3-6-17-7-11-19(12-8-17)27(23,24)21-18-9-13-20(14-10-18)28(25,26)22-15-4-5-16-22/h7-14,21H,2-6,15-16H2,1H3. The predicted molar refractivity (Wildman–Crippen MR) is 110 cm³/mol. The molecule has 152 valence electrons. The lowest BCUT2D eigenvalue weighted by molar-refractivity contribution is 0.477. The first-order chi connectivity index (χ1) is 13.3. The van der Waals surface area contributed by atoms with Crippen molar-refractivity contribution >= 4 is 25.7 Å². The Balaban J connectivity index is 1.72. The number of nitrogens with zero attached hydrogens (tertiary/aromatic N) is 1. The normalized spacial score (nSPS) is 15.6. The Hall–Kier alpha value is -1.90. The van der Waals surface area contributed by atoms with E-state index in [1.165, 1.54) is 28.6 Å². The molecule has 8 heteroatoms. The van der Waals surface area contributed by atoms with E-state index in [0.29, 0.717) is 18.8 Å². The van der Waals surface area contributed by atoms with Crippen molar-refractivity contribution in [2.45, 2.75) is 48.8 Å². The summed E-state index contributed by atoms with van der Waals surface area (Å²) in [5.74, 6) is 0. The molecule has 0 atom stereocenters. The summed E-state index contributed by atoms with van der Waals surface area (Å²) in [5, 5.41) is 0. The van der Waals surface area contributed by atoms with Gasteiger partial charge < -0.3 is 0 Å². The van der Waals surface area contributed by atoms with Crippen LogP contribution < -0.4 is 4.72 Å². The van der Waals surface area contributed by atoms with Crippen LogP contribution in [0.15, 0.2) is 58.3 Å². The van der Waals surface area contributed by atoms with E-state index < -0.39 is 20.0 Å². The van der Waals surface area contributed by atoms with Crippen LogP contribution >= 0.6 is 0 Å². The maximum absolute atomic E-state index is 12.6. The van der Waals surface area contributed by atoms with Gasteiger partial charge in [-0.1, -0.05) is 25.5 Å². The molecule has 0 bridgehead atoms. The minimum absolute atomic E-state index is 0.178. The zero-order valence-electron chi connectivity index (χ0n) is 16.0. The average molecular weight is 423 g/mol. The maximum atomic E-state index is 12.6. The monoisotopic (exact) mass is 422 g/mol. The molecular weight excluding hydrogens is 396 g/mol. The van der Waals surface area contributed by atoms with Crippen LogP contribution in [0.2, 0.25) is 0 Å². The highest BCUT2D eigenvalue weighted by Crippen LogP contribution is 2.23. The molecule has 1 heterocycles. The van der Waals surface area contributed by atoms with Gasteiger partial charge in [-0.15, -0.1) is 0 Å². The largest absolute Gasteiger partial charge is 0.280 e. The summed E-state index contributed by atoms with van der Waals surface area (Å²) >= 11 is 0. The zero-order valence-corrected chi connectivity index (χ0v) is 17.6. The molecular formula is C20H26N2O4S2. The van der Waals surface area contributed by atoms with Crippen LogP contribution in [0.5, 0.6) is 0 Å². The first-order valence-electron chi connectivity index (χ1n) is 9.55. The number of unbranched alkanes of at least 4 members (excludes halogenated alkanes) is 1. The van der Waals surface area contributed by atoms with Crippen LogP contribution in [0, 0.1) is 0 Å². The lowest BCUT2D eigenvalue weighted by Gasteiger charge is -2.16. The van der Waals surface area contributed by atoms with E-state index in [0.717, 1.165) is 37.7 Å². The number of sulfonamides is 2. The van der Waals surface area contributed by atoms with E-state index in [9.17, 15) is 16.8 Å². The fourth-order valence-electron chi connectivity index (χ4n) is 3.20. The summed E-state index contributed by atoms with van der Waals surface area (Å²) in [6, 6.07) is 12.7. The molecule has 0 aromatic heterocycles. The molecule has 1 saturated heterocycles. The average Bonchev–Trinajstić information content (AvgIpc) is 3.22. The molecule has 28 heavy (non-hydrogen) atoms. The van der Waals surface area contributed by atoms with Gasteiger partial charge in [-0.25, -0.2) is 16.8 Å². The van der Waals surface area contributed by atoms with Crippen LogP contribution in [0.3, 0.4) is 0 Å². The lowest BCUT2D eigenvalue weighted by atomic mass is 10.1. The molecule has 0 amide bonds. The van der Waals surface area contributed by atoms with E-state index in [4.69, 9.17) is 0 Å². The second-order valence-electron chi connectivity index (χ2n) is 6.99.